The number of aromatic nitrogens is 1. The van der Waals surface area contributed by atoms with Crippen molar-refractivity contribution in [3.05, 3.63) is 94.3 Å². The van der Waals surface area contributed by atoms with Crippen molar-refractivity contribution in [2.24, 2.45) is 10.7 Å². The van der Waals surface area contributed by atoms with Crippen molar-refractivity contribution < 1.29 is 22.0 Å². The van der Waals surface area contributed by atoms with Crippen molar-refractivity contribution in [2.75, 3.05) is 11.1 Å². The van der Waals surface area contributed by atoms with Gasteiger partial charge in [-0.25, -0.2) is 22.2 Å². The predicted octanol–water partition coefficient (Wildman–Crippen LogP) is 4.18. The number of carbonyl (C=O) groups excluding carboxylic acids is 1. The largest absolute Gasteiger partial charge is 0.386 e. The first-order valence-corrected chi connectivity index (χ1v) is 12.5. The highest BCUT2D eigenvalue weighted by atomic mass is 35.5. The van der Waals surface area contributed by atoms with E-state index in [1.54, 1.807) is 0 Å². The van der Waals surface area contributed by atoms with E-state index in [0.29, 0.717) is 5.02 Å². The minimum Gasteiger partial charge on any atom is -0.386 e. The molecule has 7 nitrogen and oxygen atoms in total. The summed E-state index contributed by atoms with van der Waals surface area (Å²) in [4.78, 5) is 20.9. The lowest BCUT2D eigenvalue weighted by molar-refractivity contribution is 0.102. The molecule has 3 aromatic rings. The van der Waals surface area contributed by atoms with Gasteiger partial charge in [-0.2, -0.15) is 0 Å². The van der Waals surface area contributed by atoms with Gasteiger partial charge >= 0.3 is 0 Å². The molecule has 1 amide bonds. The SMILES string of the molecule is C[C@@]1(c2cccc(F)c2)C(N)=N[C@](C)(c2cc(NC(=O)c3ccc(Cl)cn3)ccc2F)CS1(=O)=O. The fraction of sp³-hybridized carbons (Fsp3) is 0.208. The molecule has 1 aliphatic heterocycles. The molecule has 0 unspecified atom stereocenters. The average Bonchev–Trinajstić information content (AvgIpc) is 2.78. The van der Waals surface area contributed by atoms with Gasteiger partial charge in [-0.05, 0) is 61.9 Å². The van der Waals surface area contributed by atoms with Gasteiger partial charge < -0.3 is 11.1 Å². The van der Waals surface area contributed by atoms with Crippen LogP contribution in [0.1, 0.15) is 35.5 Å². The lowest BCUT2D eigenvalue weighted by Gasteiger charge is -2.40. The molecule has 182 valence electrons. The first kappa shape index (κ1) is 24.7. The molecule has 0 spiro atoms. The second-order valence-corrected chi connectivity index (χ2v) is 11.4. The summed E-state index contributed by atoms with van der Waals surface area (Å²) in [7, 11) is -4.10. The molecule has 35 heavy (non-hydrogen) atoms. The summed E-state index contributed by atoms with van der Waals surface area (Å²) in [5.74, 6) is -2.81. The second-order valence-electron chi connectivity index (χ2n) is 8.58. The van der Waals surface area contributed by atoms with Crippen LogP contribution in [0.25, 0.3) is 0 Å². The number of aliphatic imine (C=N–C) groups is 1. The molecular formula is C24H21ClF2N4O3S. The molecule has 11 heteroatoms. The quantitative estimate of drug-likeness (QED) is 0.537. The van der Waals surface area contributed by atoms with Crippen LogP contribution in [0.2, 0.25) is 5.02 Å². The van der Waals surface area contributed by atoms with Crippen LogP contribution < -0.4 is 11.1 Å². The van der Waals surface area contributed by atoms with Gasteiger partial charge in [-0.15, -0.1) is 0 Å². The molecular weight excluding hydrogens is 498 g/mol. The van der Waals surface area contributed by atoms with Crippen molar-refractivity contribution in [1.29, 1.82) is 0 Å². The minimum atomic E-state index is -4.10. The molecule has 4 rings (SSSR count). The summed E-state index contributed by atoms with van der Waals surface area (Å²) in [5.41, 5.74) is 4.91. The maximum atomic E-state index is 15.0. The first-order valence-electron chi connectivity index (χ1n) is 10.4. The minimum absolute atomic E-state index is 0.0767. The van der Waals surface area contributed by atoms with Crippen LogP contribution in [-0.2, 0) is 20.1 Å². The van der Waals surface area contributed by atoms with E-state index in [9.17, 15) is 22.0 Å². The second kappa shape index (κ2) is 8.69. The molecule has 0 fully saturated rings. The van der Waals surface area contributed by atoms with Crippen molar-refractivity contribution in [3.63, 3.8) is 0 Å². The molecule has 0 bridgehead atoms. The van der Waals surface area contributed by atoms with Crippen LogP contribution in [0.3, 0.4) is 0 Å². The maximum absolute atomic E-state index is 15.0. The molecule has 1 aromatic heterocycles. The number of amides is 1. The number of rotatable bonds is 4. The monoisotopic (exact) mass is 518 g/mol. The Balaban J connectivity index is 1.74. The Kier molecular flexibility index (Phi) is 6.14. The van der Waals surface area contributed by atoms with E-state index in [-0.39, 0.29) is 28.3 Å². The third-order valence-corrected chi connectivity index (χ3v) is 8.94. The molecule has 0 saturated carbocycles. The highest BCUT2D eigenvalue weighted by Crippen LogP contribution is 2.43. The zero-order valence-electron chi connectivity index (χ0n) is 18.7. The van der Waals surface area contributed by atoms with Gasteiger partial charge in [-0.3, -0.25) is 9.79 Å². The number of halogens is 3. The van der Waals surface area contributed by atoms with Crippen LogP contribution in [0.4, 0.5) is 14.5 Å². The first-order chi connectivity index (χ1) is 16.4. The number of nitrogens with zero attached hydrogens (tertiary/aromatic N) is 2. The van der Waals surface area contributed by atoms with Gasteiger partial charge in [-0.1, -0.05) is 23.7 Å². The molecule has 2 aromatic carbocycles. The van der Waals surface area contributed by atoms with Crippen molar-refractivity contribution in [3.8, 4) is 0 Å². The zero-order valence-corrected chi connectivity index (χ0v) is 20.3. The summed E-state index contributed by atoms with van der Waals surface area (Å²) < 4.78 is 54.0. The Morgan fingerprint density at radius 1 is 1.11 bits per heavy atom. The molecule has 1 aliphatic rings. The van der Waals surface area contributed by atoms with Crippen LogP contribution in [-0.4, -0.2) is 30.9 Å². The number of pyridine rings is 1. The maximum Gasteiger partial charge on any atom is 0.274 e. The normalized spacial score (nSPS) is 23.4. The number of nitrogens with one attached hydrogen (secondary N) is 1. The average molecular weight is 519 g/mol. The van der Waals surface area contributed by atoms with E-state index < -0.39 is 43.4 Å². The van der Waals surface area contributed by atoms with E-state index >= 15 is 0 Å². The van der Waals surface area contributed by atoms with Gasteiger partial charge in [0.15, 0.2) is 14.6 Å². The Bertz CT molecular complexity index is 1460. The van der Waals surface area contributed by atoms with Gasteiger partial charge in [0, 0.05) is 17.4 Å². The predicted molar refractivity (Wildman–Crippen MR) is 130 cm³/mol. The fourth-order valence-corrected chi connectivity index (χ4v) is 6.26. The third kappa shape index (κ3) is 4.39. The highest BCUT2D eigenvalue weighted by molar-refractivity contribution is 7.93. The Labute approximate surface area is 206 Å². The number of carbonyl (C=O) groups is 1. The molecule has 3 N–H and O–H groups in total. The van der Waals surface area contributed by atoms with Gasteiger partial charge in [0.1, 0.15) is 28.7 Å². The van der Waals surface area contributed by atoms with E-state index in [1.807, 2.05) is 0 Å². The molecule has 0 saturated heterocycles. The van der Waals surface area contributed by atoms with Crippen LogP contribution >= 0.6 is 11.6 Å². The number of nitrogens with two attached hydrogens (primary N) is 1. The fourth-order valence-electron chi connectivity index (χ4n) is 4.05. The summed E-state index contributed by atoms with van der Waals surface area (Å²) in [6, 6.07) is 11.8. The van der Waals surface area contributed by atoms with Crippen molar-refractivity contribution in [2.45, 2.75) is 24.1 Å². The van der Waals surface area contributed by atoms with Gasteiger partial charge in [0.05, 0.1) is 10.8 Å². The van der Waals surface area contributed by atoms with Crippen LogP contribution in [0.15, 0.2) is 65.8 Å². The summed E-state index contributed by atoms with van der Waals surface area (Å²) in [6.45, 7) is 2.79. The summed E-state index contributed by atoms with van der Waals surface area (Å²) in [5, 5.41) is 2.96. The number of amidine groups is 1. The number of hydrogen-bond acceptors (Lipinski definition) is 6. The molecule has 0 aliphatic carbocycles. The number of benzene rings is 2. The number of hydrogen-bond donors (Lipinski definition) is 2. The van der Waals surface area contributed by atoms with Crippen molar-refractivity contribution >= 4 is 38.9 Å². The Hall–Kier alpha value is -3.37. The number of sulfone groups is 1. The van der Waals surface area contributed by atoms with Crippen molar-refractivity contribution in [1.82, 2.24) is 4.98 Å². The molecule has 2 heterocycles. The highest BCUT2D eigenvalue weighted by Gasteiger charge is 2.53. The number of anilines is 1. The lowest BCUT2D eigenvalue weighted by Crippen LogP contribution is -2.54. The molecule has 2 atom stereocenters. The standard InChI is InChI=1S/C24H21ClF2N4O3S/c1-23(13-35(33,34)24(2,22(28)31-23)14-4-3-5-16(26)10-14)18-11-17(7-8-19(18)27)30-21(32)20-9-6-15(25)12-29-20/h3-12H,13H2,1-2H3,(H2,28,31)(H,30,32)/t23-,24+/m0/s1. The smallest absolute Gasteiger partial charge is 0.274 e. The van der Waals surface area contributed by atoms with E-state index in [4.69, 9.17) is 17.3 Å². The molecule has 0 radical (unpaired) electrons. The Morgan fingerprint density at radius 3 is 2.49 bits per heavy atom. The summed E-state index contributed by atoms with van der Waals surface area (Å²) >= 11 is 5.79. The van der Waals surface area contributed by atoms with Gasteiger partial charge in [0.25, 0.3) is 5.91 Å². The van der Waals surface area contributed by atoms with Crippen LogP contribution in [0.5, 0.6) is 0 Å². The summed E-state index contributed by atoms with van der Waals surface area (Å²) in [6.07, 6.45) is 1.31. The Morgan fingerprint density at radius 2 is 1.86 bits per heavy atom. The van der Waals surface area contributed by atoms with Gasteiger partial charge in [0.2, 0.25) is 0 Å². The van der Waals surface area contributed by atoms with Crippen LogP contribution in [0, 0.1) is 11.6 Å². The van der Waals surface area contributed by atoms with E-state index in [0.717, 1.165) is 12.1 Å². The third-order valence-electron chi connectivity index (χ3n) is 6.09. The van der Waals surface area contributed by atoms with E-state index in [2.05, 4.69) is 15.3 Å². The lowest BCUT2D eigenvalue weighted by atomic mass is 9.91. The van der Waals surface area contributed by atoms with E-state index in [1.165, 1.54) is 62.5 Å². The zero-order chi connectivity index (χ0) is 25.6. The topological polar surface area (TPSA) is 115 Å².